The van der Waals surface area contributed by atoms with Crippen molar-refractivity contribution >= 4 is 15.9 Å². The van der Waals surface area contributed by atoms with Gasteiger partial charge in [0, 0.05) is 11.1 Å². The Morgan fingerprint density at radius 2 is 2.21 bits per heavy atom. The minimum atomic E-state index is -0.0674. The topological polar surface area (TPSA) is 9.23 Å². The first-order valence-corrected chi connectivity index (χ1v) is 5.90. The fourth-order valence-corrected chi connectivity index (χ4v) is 2.38. The van der Waals surface area contributed by atoms with Crippen molar-refractivity contribution in [1.82, 2.24) is 0 Å². The Kier molecular flexibility index (Phi) is 2.93. The lowest BCUT2D eigenvalue weighted by atomic mass is 9.88. The van der Waals surface area contributed by atoms with Crippen molar-refractivity contribution in [3.05, 3.63) is 34.3 Å². The van der Waals surface area contributed by atoms with E-state index < -0.39 is 0 Å². The molecule has 1 aliphatic heterocycles. The molecule has 2 rings (SSSR count). The molecule has 1 aliphatic rings. The van der Waals surface area contributed by atoms with Crippen molar-refractivity contribution in [3.63, 3.8) is 0 Å². The van der Waals surface area contributed by atoms with Gasteiger partial charge in [0.2, 0.25) is 0 Å². The molecule has 0 radical (unpaired) electrons. The van der Waals surface area contributed by atoms with Crippen molar-refractivity contribution in [2.45, 2.75) is 31.8 Å². The fraction of sp³-hybridized carbons (Fsp3) is 0.500. The SMILES string of the molecule is CC1(c2cccc(Br)c2)CCCCO1. The summed E-state index contributed by atoms with van der Waals surface area (Å²) >= 11 is 3.50. The maximum atomic E-state index is 5.89. The van der Waals surface area contributed by atoms with Gasteiger partial charge in [0.25, 0.3) is 0 Å². The lowest BCUT2D eigenvalue weighted by Gasteiger charge is -2.34. The second-order valence-corrected chi connectivity index (χ2v) is 4.96. The Balaban J connectivity index is 2.28. The quantitative estimate of drug-likeness (QED) is 0.740. The molecular formula is C12H15BrO. The molecule has 1 unspecified atom stereocenters. The van der Waals surface area contributed by atoms with Gasteiger partial charge in [0.1, 0.15) is 0 Å². The van der Waals surface area contributed by atoms with Crippen LogP contribution in [0, 0.1) is 0 Å². The molecule has 0 aliphatic carbocycles. The van der Waals surface area contributed by atoms with Crippen LogP contribution in [0.1, 0.15) is 31.7 Å². The largest absolute Gasteiger partial charge is 0.371 e. The van der Waals surface area contributed by atoms with Crippen LogP contribution in [0.25, 0.3) is 0 Å². The Morgan fingerprint density at radius 3 is 2.86 bits per heavy atom. The summed E-state index contributed by atoms with van der Waals surface area (Å²) < 4.78 is 7.02. The molecule has 0 bridgehead atoms. The zero-order valence-electron chi connectivity index (χ0n) is 8.42. The maximum absolute atomic E-state index is 5.89. The highest BCUT2D eigenvalue weighted by Gasteiger charge is 2.29. The highest BCUT2D eigenvalue weighted by Crippen LogP contribution is 2.35. The van der Waals surface area contributed by atoms with Gasteiger partial charge in [-0.05, 0) is 43.9 Å². The van der Waals surface area contributed by atoms with Crippen molar-refractivity contribution < 1.29 is 4.74 Å². The minimum Gasteiger partial charge on any atom is -0.371 e. The van der Waals surface area contributed by atoms with Crippen molar-refractivity contribution in [1.29, 1.82) is 0 Å². The van der Waals surface area contributed by atoms with E-state index >= 15 is 0 Å². The Morgan fingerprint density at radius 1 is 1.36 bits per heavy atom. The van der Waals surface area contributed by atoms with Crippen LogP contribution in [-0.2, 0) is 10.3 Å². The maximum Gasteiger partial charge on any atom is 0.0903 e. The molecule has 1 aromatic rings. The molecule has 1 fully saturated rings. The van der Waals surface area contributed by atoms with Crippen LogP contribution in [0.2, 0.25) is 0 Å². The van der Waals surface area contributed by atoms with E-state index in [0.29, 0.717) is 0 Å². The average Bonchev–Trinajstić information content (AvgIpc) is 2.19. The van der Waals surface area contributed by atoms with Crippen molar-refractivity contribution in [2.24, 2.45) is 0 Å². The van der Waals surface area contributed by atoms with Crippen molar-refractivity contribution in [3.8, 4) is 0 Å². The van der Waals surface area contributed by atoms with Gasteiger partial charge < -0.3 is 4.74 Å². The Hall–Kier alpha value is -0.340. The van der Waals surface area contributed by atoms with Crippen LogP contribution in [0.15, 0.2) is 28.7 Å². The summed E-state index contributed by atoms with van der Waals surface area (Å²) in [6, 6.07) is 8.43. The number of halogens is 1. The third kappa shape index (κ3) is 2.01. The molecule has 76 valence electrons. The number of hydrogen-bond acceptors (Lipinski definition) is 1. The lowest BCUT2D eigenvalue weighted by Crippen LogP contribution is -2.30. The third-order valence-electron chi connectivity index (χ3n) is 2.90. The van der Waals surface area contributed by atoms with E-state index in [1.807, 2.05) is 0 Å². The minimum absolute atomic E-state index is 0.0674. The third-order valence-corrected chi connectivity index (χ3v) is 3.40. The summed E-state index contributed by atoms with van der Waals surface area (Å²) in [6.45, 7) is 3.08. The first-order chi connectivity index (χ1) is 6.71. The number of ether oxygens (including phenoxy) is 1. The normalized spacial score (nSPS) is 27.6. The van der Waals surface area contributed by atoms with Gasteiger partial charge in [0.05, 0.1) is 5.60 Å². The van der Waals surface area contributed by atoms with Gasteiger partial charge in [0.15, 0.2) is 0 Å². The molecule has 1 heterocycles. The van der Waals surface area contributed by atoms with Gasteiger partial charge in [-0.1, -0.05) is 28.1 Å². The molecule has 14 heavy (non-hydrogen) atoms. The molecule has 0 saturated carbocycles. The highest BCUT2D eigenvalue weighted by molar-refractivity contribution is 9.10. The molecule has 2 heteroatoms. The van der Waals surface area contributed by atoms with E-state index in [2.05, 4.69) is 47.1 Å². The molecule has 0 spiro atoms. The van der Waals surface area contributed by atoms with E-state index in [-0.39, 0.29) is 5.60 Å². The molecule has 0 amide bonds. The first-order valence-electron chi connectivity index (χ1n) is 5.11. The monoisotopic (exact) mass is 254 g/mol. The average molecular weight is 255 g/mol. The van der Waals surface area contributed by atoms with Gasteiger partial charge in [-0.15, -0.1) is 0 Å². The molecule has 0 N–H and O–H groups in total. The predicted molar refractivity (Wildman–Crippen MR) is 61.3 cm³/mol. The van der Waals surface area contributed by atoms with Crippen LogP contribution < -0.4 is 0 Å². The number of hydrogen-bond donors (Lipinski definition) is 0. The molecule has 1 atom stereocenters. The summed E-state index contributed by atoms with van der Waals surface area (Å²) in [6.07, 6.45) is 3.59. The van der Waals surface area contributed by atoms with Gasteiger partial charge >= 0.3 is 0 Å². The van der Waals surface area contributed by atoms with Gasteiger partial charge in [-0.2, -0.15) is 0 Å². The molecule has 1 saturated heterocycles. The second-order valence-electron chi connectivity index (χ2n) is 4.05. The fourth-order valence-electron chi connectivity index (χ4n) is 1.98. The second kappa shape index (κ2) is 4.03. The summed E-state index contributed by atoms with van der Waals surface area (Å²) in [7, 11) is 0. The summed E-state index contributed by atoms with van der Waals surface area (Å²) in [5.41, 5.74) is 1.22. The van der Waals surface area contributed by atoms with Crippen LogP contribution in [0.5, 0.6) is 0 Å². The predicted octanol–water partition coefficient (Wildman–Crippen LogP) is 3.86. The summed E-state index contributed by atoms with van der Waals surface area (Å²) in [4.78, 5) is 0. The number of rotatable bonds is 1. The number of benzene rings is 1. The highest BCUT2D eigenvalue weighted by atomic mass is 79.9. The molecular weight excluding hydrogens is 240 g/mol. The van der Waals surface area contributed by atoms with Crippen LogP contribution >= 0.6 is 15.9 Å². The Labute approximate surface area is 93.6 Å². The summed E-state index contributed by atoms with van der Waals surface area (Å²) in [5, 5.41) is 0. The van der Waals surface area contributed by atoms with Crippen LogP contribution in [-0.4, -0.2) is 6.61 Å². The summed E-state index contributed by atoms with van der Waals surface area (Å²) in [5.74, 6) is 0. The van der Waals surface area contributed by atoms with E-state index in [1.54, 1.807) is 0 Å². The van der Waals surface area contributed by atoms with Crippen LogP contribution in [0.4, 0.5) is 0 Å². The van der Waals surface area contributed by atoms with E-state index in [4.69, 9.17) is 4.74 Å². The van der Waals surface area contributed by atoms with Crippen molar-refractivity contribution in [2.75, 3.05) is 6.61 Å². The molecule has 0 aromatic heterocycles. The zero-order valence-corrected chi connectivity index (χ0v) is 10.0. The smallest absolute Gasteiger partial charge is 0.0903 e. The van der Waals surface area contributed by atoms with E-state index in [0.717, 1.165) is 17.5 Å². The Bertz CT molecular complexity index is 316. The van der Waals surface area contributed by atoms with E-state index in [9.17, 15) is 0 Å². The molecule has 1 aromatic carbocycles. The van der Waals surface area contributed by atoms with Gasteiger partial charge in [-0.25, -0.2) is 0 Å². The van der Waals surface area contributed by atoms with Gasteiger partial charge in [-0.3, -0.25) is 0 Å². The first kappa shape index (κ1) is 10.2. The van der Waals surface area contributed by atoms with E-state index in [1.165, 1.54) is 18.4 Å². The zero-order chi connectivity index (χ0) is 10.0. The standard InChI is InChI=1S/C12H15BrO/c1-12(7-2-3-8-14-12)10-5-4-6-11(13)9-10/h4-6,9H,2-3,7-8H2,1H3. The molecule has 1 nitrogen and oxygen atoms in total. The van der Waals surface area contributed by atoms with Crippen LogP contribution in [0.3, 0.4) is 0 Å². The lowest BCUT2D eigenvalue weighted by molar-refractivity contribution is -0.0701.